The van der Waals surface area contributed by atoms with Gasteiger partial charge in [0, 0.05) is 19.1 Å². The highest BCUT2D eigenvalue weighted by Gasteiger charge is 2.23. The smallest absolute Gasteiger partial charge is 0.123 e. The average molecular weight is 348 g/mol. The van der Waals surface area contributed by atoms with Crippen LogP contribution in [0.3, 0.4) is 0 Å². The van der Waals surface area contributed by atoms with Crippen molar-refractivity contribution in [2.45, 2.75) is 32.2 Å². The van der Waals surface area contributed by atoms with Gasteiger partial charge in [-0.2, -0.15) is 0 Å². The second kappa shape index (κ2) is 8.75. The van der Waals surface area contributed by atoms with Gasteiger partial charge in [-0.05, 0) is 35.7 Å². The van der Waals surface area contributed by atoms with Crippen molar-refractivity contribution in [3.05, 3.63) is 107 Å². The zero-order chi connectivity index (χ0) is 18.4. The Morgan fingerprint density at radius 1 is 0.769 bits per heavy atom. The molecule has 3 aromatic carbocycles. The fraction of sp³-hybridized carbons (Fsp3) is 0.217. The van der Waals surface area contributed by atoms with E-state index in [0.717, 1.165) is 18.7 Å². The van der Waals surface area contributed by atoms with Gasteiger partial charge in [-0.25, -0.2) is 4.39 Å². The lowest BCUT2D eigenvalue weighted by Crippen LogP contribution is -2.36. The van der Waals surface area contributed by atoms with Crippen LogP contribution in [0.4, 0.5) is 4.39 Å². The molecule has 26 heavy (non-hydrogen) atoms. The second-order valence-electron chi connectivity index (χ2n) is 6.61. The molecule has 134 valence electrons. The molecule has 0 amide bonds. The van der Waals surface area contributed by atoms with Gasteiger partial charge in [0.1, 0.15) is 5.82 Å². The molecular formula is C23H24FNO. The van der Waals surface area contributed by atoms with E-state index in [1.165, 1.54) is 23.3 Å². The quantitative estimate of drug-likeness (QED) is 0.653. The van der Waals surface area contributed by atoms with E-state index in [9.17, 15) is 9.50 Å². The molecule has 0 aliphatic heterocycles. The zero-order valence-electron chi connectivity index (χ0n) is 14.9. The highest BCUT2D eigenvalue weighted by Crippen LogP contribution is 2.24. The number of nitrogens with zero attached hydrogens (tertiary/aromatic N) is 1. The number of hydrogen-bond donors (Lipinski definition) is 1. The third-order valence-electron chi connectivity index (χ3n) is 4.70. The SMILES string of the molecule is C[C@H]([C@H](O)c1ccc([18F])cc1)N(Cc1ccccc1)Cc1ccccc1. The van der Waals surface area contributed by atoms with Crippen LogP contribution in [-0.2, 0) is 13.1 Å². The predicted octanol–water partition coefficient (Wildman–Crippen LogP) is 4.95. The highest BCUT2D eigenvalue weighted by molar-refractivity contribution is 5.21. The Kier molecular flexibility index (Phi) is 6.16. The average Bonchev–Trinajstić information content (AvgIpc) is 2.68. The van der Waals surface area contributed by atoms with Gasteiger partial charge in [0.2, 0.25) is 0 Å². The molecule has 0 saturated heterocycles. The van der Waals surface area contributed by atoms with Crippen molar-refractivity contribution >= 4 is 0 Å². The molecule has 0 saturated carbocycles. The number of hydrogen-bond acceptors (Lipinski definition) is 2. The number of benzene rings is 3. The zero-order valence-corrected chi connectivity index (χ0v) is 14.9. The van der Waals surface area contributed by atoms with E-state index in [1.807, 2.05) is 43.3 Å². The van der Waals surface area contributed by atoms with Gasteiger partial charge >= 0.3 is 0 Å². The van der Waals surface area contributed by atoms with Gasteiger partial charge in [0.05, 0.1) is 6.10 Å². The maximum atomic E-state index is 13.2. The first-order valence-electron chi connectivity index (χ1n) is 8.89. The van der Waals surface area contributed by atoms with Gasteiger partial charge in [-0.3, -0.25) is 4.90 Å². The largest absolute Gasteiger partial charge is 0.387 e. The first kappa shape index (κ1) is 18.3. The van der Waals surface area contributed by atoms with Crippen molar-refractivity contribution in [2.24, 2.45) is 0 Å². The van der Waals surface area contributed by atoms with Gasteiger partial charge in [-0.15, -0.1) is 0 Å². The summed E-state index contributed by atoms with van der Waals surface area (Å²) in [5.41, 5.74) is 3.12. The van der Waals surface area contributed by atoms with Crippen LogP contribution in [-0.4, -0.2) is 16.0 Å². The van der Waals surface area contributed by atoms with Crippen LogP contribution in [0.15, 0.2) is 84.9 Å². The van der Waals surface area contributed by atoms with Gasteiger partial charge in [0.15, 0.2) is 0 Å². The summed E-state index contributed by atoms with van der Waals surface area (Å²) in [5, 5.41) is 10.8. The van der Waals surface area contributed by atoms with Crippen molar-refractivity contribution in [1.29, 1.82) is 0 Å². The maximum absolute atomic E-state index is 13.2. The van der Waals surface area contributed by atoms with Crippen molar-refractivity contribution in [1.82, 2.24) is 4.90 Å². The monoisotopic (exact) mass is 348 g/mol. The first-order chi connectivity index (χ1) is 12.6. The first-order valence-corrected chi connectivity index (χ1v) is 8.89. The summed E-state index contributed by atoms with van der Waals surface area (Å²) in [5.74, 6) is -0.293. The molecule has 0 heterocycles. The van der Waals surface area contributed by atoms with E-state index in [1.54, 1.807) is 12.1 Å². The third-order valence-corrected chi connectivity index (χ3v) is 4.70. The maximum Gasteiger partial charge on any atom is 0.123 e. The molecule has 3 aromatic rings. The normalized spacial score (nSPS) is 13.5. The summed E-state index contributed by atoms with van der Waals surface area (Å²) in [6.07, 6.45) is -0.692. The Morgan fingerprint density at radius 2 is 1.23 bits per heavy atom. The Morgan fingerprint density at radius 3 is 1.69 bits per heavy atom. The number of aliphatic hydroxyl groups is 1. The van der Waals surface area contributed by atoms with Crippen LogP contribution < -0.4 is 0 Å². The van der Waals surface area contributed by atoms with Crippen molar-refractivity contribution in [2.75, 3.05) is 0 Å². The second-order valence-corrected chi connectivity index (χ2v) is 6.61. The van der Waals surface area contributed by atoms with Gasteiger partial charge in [-0.1, -0.05) is 72.8 Å². The summed E-state index contributed by atoms with van der Waals surface area (Å²) < 4.78 is 13.2. The topological polar surface area (TPSA) is 23.5 Å². The van der Waals surface area contributed by atoms with E-state index >= 15 is 0 Å². The minimum atomic E-state index is -0.692. The van der Waals surface area contributed by atoms with Crippen LogP contribution >= 0.6 is 0 Å². The number of aliphatic hydroxyl groups excluding tert-OH is 1. The lowest BCUT2D eigenvalue weighted by atomic mass is 10.0. The minimum Gasteiger partial charge on any atom is -0.387 e. The Balaban J connectivity index is 1.82. The molecule has 3 rings (SSSR count). The Bertz CT molecular complexity index is 748. The minimum absolute atomic E-state index is 0.124. The van der Waals surface area contributed by atoms with Crippen LogP contribution in [0.2, 0.25) is 0 Å². The van der Waals surface area contributed by atoms with E-state index < -0.39 is 6.10 Å². The molecule has 0 aliphatic rings. The standard InChI is InChI=1S/C23H24FNO/c1-18(23(26)21-12-14-22(24)15-13-21)25(16-19-8-4-2-5-9-19)17-20-10-6-3-7-11-20/h2-15,18,23,26H,16-17H2,1H3/t18-,23+/m1/s1/i24-1. The molecule has 1 N–H and O–H groups in total. The number of halogens is 1. The molecule has 0 radical (unpaired) electrons. The molecule has 0 unspecified atom stereocenters. The fourth-order valence-corrected chi connectivity index (χ4v) is 3.12. The van der Waals surface area contributed by atoms with Crippen molar-refractivity contribution in [3.8, 4) is 0 Å². The predicted molar refractivity (Wildman–Crippen MR) is 103 cm³/mol. The lowest BCUT2D eigenvalue weighted by molar-refractivity contribution is 0.0484. The summed E-state index contributed by atoms with van der Waals surface area (Å²) in [6, 6.07) is 26.4. The summed E-state index contributed by atoms with van der Waals surface area (Å²) in [4.78, 5) is 2.25. The Hall–Kier alpha value is -2.49. The molecule has 0 bridgehead atoms. The van der Waals surface area contributed by atoms with E-state index in [2.05, 4.69) is 29.2 Å². The van der Waals surface area contributed by atoms with Gasteiger partial charge < -0.3 is 5.11 Å². The third kappa shape index (κ3) is 4.78. The Labute approximate surface area is 154 Å². The summed E-state index contributed by atoms with van der Waals surface area (Å²) >= 11 is 0. The molecule has 0 aliphatic carbocycles. The van der Waals surface area contributed by atoms with Gasteiger partial charge in [0.25, 0.3) is 0 Å². The van der Waals surface area contributed by atoms with E-state index in [0.29, 0.717) is 0 Å². The molecule has 2 nitrogen and oxygen atoms in total. The highest BCUT2D eigenvalue weighted by atomic mass is 18.2. The van der Waals surface area contributed by atoms with Crippen LogP contribution in [0.1, 0.15) is 29.7 Å². The summed E-state index contributed by atoms with van der Waals surface area (Å²) in [7, 11) is 0. The van der Waals surface area contributed by atoms with Crippen LogP contribution in [0.25, 0.3) is 0 Å². The summed E-state index contributed by atoms with van der Waals surface area (Å²) in [6.45, 7) is 3.48. The van der Waals surface area contributed by atoms with Crippen molar-refractivity contribution < 1.29 is 9.50 Å². The van der Waals surface area contributed by atoms with E-state index in [-0.39, 0.29) is 11.9 Å². The molecule has 2 atom stereocenters. The van der Waals surface area contributed by atoms with Crippen LogP contribution in [0, 0.1) is 5.82 Å². The van der Waals surface area contributed by atoms with E-state index in [4.69, 9.17) is 0 Å². The number of rotatable bonds is 7. The molecular weight excluding hydrogens is 324 g/mol. The van der Waals surface area contributed by atoms with Crippen molar-refractivity contribution in [3.63, 3.8) is 0 Å². The lowest BCUT2D eigenvalue weighted by Gasteiger charge is -2.33. The molecule has 0 spiro atoms. The fourth-order valence-electron chi connectivity index (χ4n) is 3.12. The molecule has 0 fully saturated rings. The van der Waals surface area contributed by atoms with Crippen LogP contribution in [0.5, 0.6) is 0 Å². The molecule has 0 aromatic heterocycles. The molecule has 3 heteroatoms.